The van der Waals surface area contributed by atoms with Crippen molar-refractivity contribution >= 4 is 35.2 Å². The Kier molecular flexibility index (Phi) is 4.70. The summed E-state index contributed by atoms with van der Waals surface area (Å²) in [6.45, 7) is 8.83. The topological polar surface area (TPSA) is 0 Å². The Labute approximate surface area is 121 Å². The van der Waals surface area contributed by atoms with Gasteiger partial charge in [0.25, 0.3) is 0 Å². The molecule has 0 aliphatic heterocycles. The van der Waals surface area contributed by atoms with E-state index in [0.29, 0.717) is 26.3 Å². The van der Waals surface area contributed by atoms with E-state index in [1.807, 2.05) is 0 Å². The Bertz CT molecular complexity index is 508. The fourth-order valence-corrected chi connectivity index (χ4v) is 9.75. The van der Waals surface area contributed by atoms with Gasteiger partial charge < -0.3 is 0 Å². The van der Waals surface area contributed by atoms with Crippen LogP contribution in [0, 0.1) is 27.7 Å². The summed E-state index contributed by atoms with van der Waals surface area (Å²) in [7, 11) is 0. The van der Waals surface area contributed by atoms with Crippen LogP contribution in [0.1, 0.15) is 22.3 Å². The van der Waals surface area contributed by atoms with E-state index in [1.54, 1.807) is 8.92 Å². The van der Waals surface area contributed by atoms with E-state index in [2.05, 4.69) is 64.1 Å². The number of hydrogen-bond donors (Lipinski definition) is 0. The zero-order valence-electron chi connectivity index (χ0n) is 11.3. The van der Waals surface area contributed by atoms with Gasteiger partial charge in [-0.3, -0.25) is 0 Å². The molecule has 0 N–H and O–H groups in total. The van der Waals surface area contributed by atoms with Crippen LogP contribution >= 0.6 is 0 Å². The molecule has 2 heteroatoms. The first kappa shape index (κ1) is 13.9. The van der Waals surface area contributed by atoms with Crippen molar-refractivity contribution in [2.75, 3.05) is 0 Å². The summed E-state index contributed by atoms with van der Waals surface area (Å²) >= 11 is 1.20. The molecule has 0 saturated carbocycles. The molecule has 2 rings (SSSR count). The second kappa shape index (κ2) is 6.08. The van der Waals surface area contributed by atoms with E-state index in [0.717, 1.165) is 0 Å². The number of aryl methyl sites for hydroxylation is 4. The van der Waals surface area contributed by atoms with Crippen LogP contribution in [0.15, 0.2) is 36.4 Å². The van der Waals surface area contributed by atoms with Crippen LogP contribution in [0.5, 0.6) is 0 Å². The molecule has 2 aromatic carbocycles. The second-order valence-electron chi connectivity index (χ2n) is 4.70. The molecule has 0 saturated heterocycles. The monoisotopic (exact) mass is 370 g/mol. The van der Waals surface area contributed by atoms with E-state index in [4.69, 9.17) is 0 Å². The number of benzene rings is 2. The third-order valence-corrected chi connectivity index (χ3v) is 10.5. The first-order chi connectivity index (χ1) is 8.56. The Morgan fingerprint density at radius 2 is 1.00 bits per heavy atom. The zero-order valence-corrected chi connectivity index (χ0v) is 14.7. The third kappa shape index (κ3) is 3.49. The van der Waals surface area contributed by atoms with Crippen LogP contribution in [0.25, 0.3) is 0 Å². The maximum atomic E-state index is 2.36. The minimum atomic E-state index is 0.599. The normalized spacial score (nSPS) is 10.7. The Morgan fingerprint density at radius 1 is 0.611 bits per heavy atom. The SMILES string of the molecule is Cc1ccc(C)c([Se][Se]c2cc(C)ccc2C)c1. The molecule has 0 spiro atoms. The molecular formula is C16H18Se2. The molecule has 0 aliphatic carbocycles. The van der Waals surface area contributed by atoms with E-state index < -0.39 is 0 Å². The van der Waals surface area contributed by atoms with Gasteiger partial charge in [0, 0.05) is 0 Å². The summed E-state index contributed by atoms with van der Waals surface area (Å²) in [5.74, 6) is 0. The van der Waals surface area contributed by atoms with Crippen LogP contribution < -0.4 is 8.92 Å². The van der Waals surface area contributed by atoms with Crippen LogP contribution in [-0.4, -0.2) is 26.3 Å². The number of rotatable bonds is 3. The predicted octanol–water partition coefficient (Wildman–Crippen LogP) is 2.19. The van der Waals surface area contributed by atoms with Crippen molar-refractivity contribution in [3.05, 3.63) is 58.7 Å². The summed E-state index contributed by atoms with van der Waals surface area (Å²) in [4.78, 5) is 0. The molecule has 2 aromatic rings. The fraction of sp³-hybridized carbons (Fsp3) is 0.250. The minimum absolute atomic E-state index is 0.599. The van der Waals surface area contributed by atoms with Gasteiger partial charge in [-0.05, 0) is 0 Å². The molecule has 0 heterocycles. The van der Waals surface area contributed by atoms with Crippen molar-refractivity contribution < 1.29 is 0 Å². The quantitative estimate of drug-likeness (QED) is 0.729. The summed E-state index contributed by atoms with van der Waals surface area (Å²) in [5.41, 5.74) is 5.67. The Hall–Kier alpha value is -0.521. The second-order valence-corrected chi connectivity index (χ2v) is 10.9. The van der Waals surface area contributed by atoms with E-state index in [1.165, 1.54) is 22.3 Å². The van der Waals surface area contributed by atoms with Crippen molar-refractivity contribution in [1.29, 1.82) is 0 Å². The zero-order chi connectivity index (χ0) is 13.1. The first-order valence-corrected chi connectivity index (χ1v) is 12.1. The summed E-state index contributed by atoms with van der Waals surface area (Å²) in [6.07, 6.45) is 0. The van der Waals surface area contributed by atoms with E-state index >= 15 is 0 Å². The van der Waals surface area contributed by atoms with Crippen LogP contribution in [0.4, 0.5) is 0 Å². The summed E-state index contributed by atoms with van der Waals surface area (Å²) in [5, 5.41) is 0. The molecule has 0 bridgehead atoms. The Balaban J connectivity index is 2.16. The van der Waals surface area contributed by atoms with Crippen molar-refractivity contribution in [3.8, 4) is 0 Å². The van der Waals surface area contributed by atoms with Gasteiger partial charge in [0.05, 0.1) is 0 Å². The van der Waals surface area contributed by atoms with Crippen molar-refractivity contribution in [2.45, 2.75) is 27.7 Å². The molecule has 0 nitrogen and oxygen atoms in total. The molecule has 0 fully saturated rings. The fourth-order valence-electron chi connectivity index (χ4n) is 1.68. The van der Waals surface area contributed by atoms with Gasteiger partial charge in [0.15, 0.2) is 0 Å². The standard InChI is InChI=1S/C16H18Se2/c1-11-5-7-13(3)15(9-11)17-18-16-10-12(2)6-8-14(16)4/h5-10H,1-4H3. The molecular weight excluding hydrogens is 350 g/mol. The molecule has 0 radical (unpaired) electrons. The Morgan fingerprint density at radius 3 is 1.39 bits per heavy atom. The van der Waals surface area contributed by atoms with Gasteiger partial charge in [-0.2, -0.15) is 0 Å². The molecule has 94 valence electrons. The maximum absolute atomic E-state index is 2.36. The average molecular weight is 368 g/mol. The molecule has 0 unspecified atom stereocenters. The van der Waals surface area contributed by atoms with Gasteiger partial charge in [-0.15, -0.1) is 0 Å². The summed E-state index contributed by atoms with van der Waals surface area (Å²) < 4.78 is 3.15. The van der Waals surface area contributed by atoms with Gasteiger partial charge in [0.1, 0.15) is 0 Å². The molecule has 0 atom stereocenters. The third-order valence-electron chi connectivity index (χ3n) is 2.91. The average Bonchev–Trinajstić information content (AvgIpc) is 2.34. The van der Waals surface area contributed by atoms with E-state index in [9.17, 15) is 0 Å². The van der Waals surface area contributed by atoms with E-state index in [-0.39, 0.29) is 0 Å². The van der Waals surface area contributed by atoms with Crippen LogP contribution in [-0.2, 0) is 0 Å². The van der Waals surface area contributed by atoms with Crippen molar-refractivity contribution in [2.24, 2.45) is 0 Å². The van der Waals surface area contributed by atoms with Crippen LogP contribution in [0.2, 0.25) is 0 Å². The predicted molar refractivity (Wildman–Crippen MR) is 82.6 cm³/mol. The molecule has 0 amide bonds. The van der Waals surface area contributed by atoms with Gasteiger partial charge in [-0.25, -0.2) is 0 Å². The van der Waals surface area contributed by atoms with Gasteiger partial charge in [-0.1, -0.05) is 0 Å². The van der Waals surface area contributed by atoms with Gasteiger partial charge >= 0.3 is 122 Å². The first-order valence-electron chi connectivity index (χ1n) is 6.05. The summed E-state index contributed by atoms with van der Waals surface area (Å²) in [6, 6.07) is 13.7. The molecule has 0 aliphatic rings. The van der Waals surface area contributed by atoms with Crippen molar-refractivity contribution in [1.82, 2.24) is 0 Å². The van der Waals surface area contributed by atoms with Crippen LogP contribution in [0.3, 0.4) is 0 Å². The van der Waals surface area contributed by atoms with Crippen molar-refractivity contribution in [3.63, 3.8) is 0 Å². The molecule has 0 aromatic heterocycles. The molecule has 18 heavy (non-hydrogen) atoms. The number of hydrogen-bond acceptors (Lipinski definition) is 0. The van der Waals surface area contributed by atoms with Gasteiger partial charge in [0.2, 0.25) is 0 Å².